The van der Waals surface area contributed by atoms with E-state index >= 15 is 0 Å². The largest absolute Gasteiger partial charge is 0.616 e. The smallest absolute Gasteiger partial charge is 0.379 e. The molecule has 0 unspecified atom stereocenters. The van der Waals surface area contributed by atoms with E-state index in [1.165, 1.54) is 30.5 Å². The van der Waals surface area contributed by atoms with Gasteiger partial charge in [-0.3, -0.25) is 4.79 Å². The number of benzene rings is 1. The third-order valence-electron chi connectivity index (χ3n) is 2.25. The van der Waals surface area contributed by atoms with Crippen molar-refractivity contribution in [2.45, 2.75) is 0 Å². The molecule has 6 heteroatoms. The number of rotatable bonds is 4. The standard InChI is InChI=1S/C13H11FN2O3/c14-10-4-3-5-11(8-10)15-12(17)9-19-13-6-1-2-7-16(13)18/h1-8H,9H2,(H,15,17). The maximum Gasteiger partial charge on any atom is 0.379 e. The maximum atomic E-state index is 12.9. The Morgan fingerprint density at radius 3 is 2.89 bits per heavy atom. The number of carbonyl (C=O) groups is 1. The van der Waals surface area contributed by atoms with E-state index in [1.807, 2.05) is 0 Å². The van der Waals surface area contributed by atoms with Gasteiger partial charge in [0.1, 0.15) is 5.82 Å². The first kappa shape index (κ1) is 12.8. The molecule has 1 heterocycles. The van der Waals surface area contributed by atoms with Gasteiger partial charge in [-0.15, -0.1) is 4.73 Å². The summed E-state index contributed by atoms with van der Waals surface area (Å²) >= 11 is 0. The van der Waals surface area contributed by atoms with Crippen LogP contribution in [0.1, 0.15) is 0 Å². The van der Waals surface area contributed by atoms with Crippen LogP contribution in [-0.4, -0.2) is 12.5 Å². The van der Waals surface area contributed by atoms with Crippen molar-refractivity contribution < 1.29 is 18.7 Å². The highest BCUT2D eigenvalue weighted by Crippen LogP contribution is 2.09. The number of ether oxygens (including phenoxy) is 1. The summed E-state index contributed by atoms with van der Waals surface area (Å²) in [5.74, 6) is -0.898. The minimum absolute atomic E-state index is 0.0249. The fourth-order valence-electron chi connectivity index (χ4n) is 1.43. The second kappa shape index (κ2) is 5.81. The van der Waals surface area contributed by atoms with Crippen molar-refractivity contribution in [1.29, 1.82) is 0 Å². The molecule has 0 aliphatic carbocycles. The first-order chi connectivity index (χ1) is 9.15. The highest BCUT2D eigenvalue weighted by Gasteiger charge is 2.08. The number of anilines is 1. The normalized spacial score (nSPS) is 9.95. The van der Waals surface area contributed by atoms with Crippen LogP contribution in [0.5, 0.6) is 5.88 Å². The van der Waals surface area contributed by atoms with Crippen molar-refractivity contribution >= 4 is 11.6 Å². The lowest BCUT2D eigenvalue weighted by molar-refractivity contribution is -0.612. The lowest BCUT2D eigenvalue weighted by atomic mass is 10.3. The summed E-state index contributed by atoms with van der Waals surface area (Å²) in [6, 6.07) is 10.1. The molecule has 0 aliphatic heterocycles. The van der Waals surface area contributed by atoms with Crippen molar-refractivity contribution in [2.75, 3.05) is 11.9 Å². The lowest BCUT2D eigenvalue weighted by Gasteiger charge is -2.07. The monoisotopic (exact) mass is 262 g/mol. The number of amides is 1. The van der Waals surface area contributed by atoms with Gasteiger partial charge >= 0.3 is 5.88 Å². The molecule has 1 aromatic carbocycles. The van der Waals surface area contributed by atoms with E-state index in [0.29, 0.717) is 10.4 Å². The number of nitrogens with zero attached hydrogens (tertiary/aromatic N) is 1. The maximum absolute atomic E-state index is 12.9. The molecule has 0 bridgehead atoms. The number of halogens is 1. The number of aromatic nitrogens is 1. The van der Waals surface area contributed by atoms with E-state index in [4.69, 9.17) is 4.74 Å². The van der Waals surface area contributed by atoms with E-state index in [2.05, 4.69) is 5.32 Å². The van der Waals surface area contributed by atoms with E-state index in [9.17, 15) is 14.4 Å². The molecule has 0 aliphatic rings. The predicted octanol–water partition coefficient (Wildman–Crippen LogP) is 1.48. The third kappa shape index (κ3) is 3.67. The van der Waals surface area contributed by atoms with Crippen molar-refractivity contribution in [3.8, 4) is 5.88 Å². The molecular formula is C13H11FN2O3. The van der Waals surface area contributed by atoms with Crippen LogP contribution in [0.25, 0.3) is 0 Å². The number of carbonyl (C=O) groups excluding carboxylic acids is 1. The molecule has 98 valence electrons. The van der Waals surface area contributed by atoms with Crippen LogP contribution in [0.2, 0.25) is 0 Å². The van der Waals surface area contributed by atoms with Gasteiger partial charge in [-0.05, 0) is 24.3 Å². The van der Waals surface area contributed by atoms with Gasteiger partial charge in [0.05, 0.1) is 6.07 Å². The first-order valence-corrected chi connectivity index (χ1v) is 5.51. The van der Waals surface area contributed by atoms with Crippen LogP contribution >= 0.6 is 0 Å². The van der Waals surface area contributed by atoms with Crippen LogP contribution < -0.4 is 14.8 Å². The van der Waals surface area contributed by atoms with Gasteiger partial charge < -0.3 is 15.3 Å². The zero-order chi connectivity index (χ0) is 13.7. The van der Waals surface area contributed by atoms with E-state index in [0.717, 1.165) is 0 Å². The second-order valence-corrected chi connectivity index (χ2v) is 3.71. The van der Waals surface area contributed by atoms with Crippen LogP contribution in [-0.2, 0) is 4.79 Å². The van der Waals surface area contributed by atoms with Gasteiger partial charge in [0.2, 0.25) is 0 Å². The molecule has 19 heavy (non-hydrogen) atoms. The Morgan fingerprint density at radius 1 is 1.32 bits per heavy atom. The minimum Gasteiger partial charge on any atom is -0.616 e. The van der Waals surface area contributed by atoms with Gasteiger partial charge in [-0.2, -0.15) is 0 Å². The fourth-order valence-corrected chi connectivity index (χ4v) is 1.43. The average molecular weight is 262 g/mol. The number of pyridine rings is 1. The molecule has 1 N–H and O–H groups in total. The van der Waals surface area contributed by atoms with Gasteiger partial charge in [-0.25, -0.2) is 4.39 Å². The highest BCUT2D eigenvalue weighted by atomic mass is 19.1. The topological polar surface area (TPSA) is 65.3 Å². The molecule has 2 aromatic rings. The molecule has 0 fully saturated rings. The third-order valence-corrected chi connectivity index (χ3v) is 2.25. The molecule has 5 nitrogen and oxygen atoms in total. The number of nitrogens with one attached hydrogen (secondary N) is 1. The zero-order valence-corrected chi connectivity index (χ0v) is 9.88. The van der Waals surface area contributed by atoms with Crippen molar-refractivity contribution in [1.82, 2.24) is 0 Å². The quantitative estimate of drug-likeness (QED) is 0.670. The Kier molecular flexibility index (Phi) is 3.92. The van der Waals surface area contributed by atoms with Crippen molar-refractivity contribution in [2.24, 2.45) is 0 Å². The molecule has 0 atom stereocenters. The molecule has 0 spiro atoms. The van der Waals surface area contributed by atoms with Gasteiger partial charge in [0.15, 0.2) is 12.8 Å². The van der Waals surface area contributed by atoms with Gasteiger partial charge in [-0.1, -0.05) is 6.07 Å². The SMILES string of the molecule is O=C(COc1cccc[n+]1[O-])Nc1cccc(F)c1. The fraction of sp³-hybridized carbons (Fsp3) is 0.0769. The molecule has 1 amide bonds. The van der Waals surface area contributed by atoms with E-state index in [-0.39, 0.29) is 12.5 Å². The van der Waals surface area contributed by atoms with Gasteiger partial charge in [0, 0.05) is 11.8 Å². The van der Waals surface area contributed by atoms with Gasteiger partial charge in [0.25, 0.3) is 5.91 Å². The molecular weight excluding hydrogens is 251 g/mol. The summed E-state index contributed by atoms with van der Waals surface area (Å²) in [6.45, 7) is -0.331. The molecule has 0 saturated carbocycles. The summed E-state index contributed by atoms with van der Waals surface area (Å²) in [4.78, 5) is 11.5. The Hall–Kier alpha value is -2.63. The van der Waals surface area contributed by atoms with Crippen LogP contribution in [0.4, 0.5) is 10.1 Å². The minimum atomic E-state index is -0.477. The number of hydrogen-bond acceptors (Lipinski definition) is 3. The van der Waals surface area contributed by atoms with Crippen molar-refractivity contribution in [3.05, 3.63) is 59.7 Å². The van der Waals surface area contributed by atoms with E-state index < -0.39 is 11.7 Å². The summed E-state index contributed by atoms with van der Waals surface area (Å²) in [6.07, 6.45) is 1.26. The molecule has 0 saturated heterocycles. The summed E-state index contributed by atoms with van der Waals surface area (Å²) in [5.41, 5.74) is 0.330. The molecule has 2 rings (SSSR count). The number of hydrogen-bond donors (Lipinski definition) is 1. The van der Waals surface area contributed by atoms with Crippen LogP contribution in [0, 0.1) is 11.0 Å². The zero-order valence-electron chi connectivity index (χ0n) is 9.88. The summed E-state index contributed by atoms with van der Waals surface area (Å²) in [7, 11) is 0. The highest BCUT2D eigenvalue weighted by molar-refractivity contribution is 5.91. The van der Waals surface area contributed by atoms with Crippen molar-refractivity contribution in [3.63, 3.8) is 0 Å². The molecule has 1 aromatic heterocycles. The lowest BCUT2D eigenvalue weighted by Crippen LogP contribution is -2.30. The van der Waals surface area contributed by atoms with Crippen LogP contribution in [0.15, 0.2) is 48.7 Å². The summed E-state index contributed by atoms with van der Waals surface area (Å²) in [5, 5.41) is 13.7. The Bertz CT molecular complexity index is 590. The Balaban J connectivity index is 1.90. The average Bonchev–Trinajstić information content (AvgIpc) is 2.38. The predicted molar refractivity (Wildman–Crippen MR) is 65.9 cm³/mol. The Morgan fingerprint density at radius 2 is 2.16 bits per heavy atom. The molecule has 0 radical (unpaired) electrons. The Labute approximate surface area is 108 Å². The summed E-state index contributed by atoms with van der Waals surface area (Å²) < 4.78 is 18.4. The van der Waals surface area contributed by atoms with E-state index in [1.54, 1.807) is 18.2 Å². The first-order valence-electron chi connectivity index (χ1n) is 5.51. The second-order valence-electron chi connectivity index (χ2n) is 3.71. The van der Waals surface area contributed by atoms with Crippen LogP contribution in [0.3, 0.4) is 0 Å².